The molecule has 150 valence electrons. The van der Waals surface area contributed by atoms with Crippen LogP contribution in [0.2, 0.25) is 0 Å². The van der Waals surface area contributed by atoms with Gasteiger partial charge in [0.1, 0.15) is 13.2 Å². The second-order valence-corrected chi connectivity index (χ2v) is 8.07. The maximum atomic E-state index is 12.5. The highest BCUT2D eigenvalue weighted by Gasteiger charge is 2.20. The lowest BCUT2D eigenvalue weighted by Crippen LogP contribution is -2.22. The second kappa shape index (κ2) is 8.16. The molecular weight excluding hydrogens is 390 g/mol. The quantitative estimate of drug-likeness (QED) is 0.628. The van der Waals surface area contributed by atoms with Crippen molar-refractivity contribution in [3.63, 3.8) is 0 Å². The van der Waals surface area contributed by atoms with E-state index in [0.29, 0.717) is 41.5 Å². The van der Waals surface area contributed by atoms with Gasteiger partial charge in [-0.3, -0.25) is 4.79 Å². The molecule has 0 saturated carbocycles. The number of nitrogens with zero attached hydrogens (tertiary/aromatic N) is 2. The molecule has 0 saturated heterocycles. The van der Waals surface area contributed by atoms with E-state index in [-0.39, 0.29) is 5.91 Å². The van der Waals surface area contributed by atoms with E-state index in [0.717, 1.165) is 11.1 Å². The summed E-state index contributed by atoms with van der Waals surface area (Å²) in [5.41, 5.74) is 3.86. The first-order valence-electron chi connectivity index (χ1n) is 9.28. The number of amides is 1. The Balaban J connectivity index is 1.40. The van der Waals surface area contributed by atoms with Gasteiger partial charge in [-0.1, -0.05) is 17.8 Å². The third-order valence-electron chi connectivity index (χ3n) is 4.62. The topological polar surface area (TPSA) is 86.5 Å². The number of aryl methyl sites for hydroxylation is 2. The van der Waals surface area contributed by atoms with Crippen LogP contribution in [0.15, 0.2) is 46.0 Å². The van der Waals surface area contributed by atoms with Gasteiger partial charge >= 0.3 is 0 Å². The van der Waals surface area contributed by atoms with Crippen molar-refractivity contribution >= 4 is 23.4 Å². The summed E-state index contributed by atoms with van der Waals surface area (Å²) < 4.78 is 16.8. The number of aromatic nitrogens is 2. The monoisotopic (exact) mass is 411 g/mol. The Labute approximate surface area is 172 Å². The van der Waals surface area contributed by atoms with Crippen molar-refractivity contribution in [3.8, 4) is 23.0 Å². The van der Waals surface area contributed by atoms with Gasteiger partial charge in [-0.25, -0.2) is 0 Å². The van der Waals surface area contributed by atoms with Gasteiger partial charge in [0.15, 0.2) is 11.5 Å². The van der Waals surface area contributed by atoms with Gasteiger partial charge in [-0.2, -0.15) is 0 Å². The Kier molecular flexibility index (Phi) is 5.44. The highest BCUT2D eigenvalue weighted by atomic mass is 32.2. The molecule has 0 bridgehead atoms. The lowest BCUT2D eigenvalue weighted by Gasteiger charge is -2.19. The van der Waals surface area contributed by atoms with E-state index in [1.165, 1.54) is 17.3 Å². The van der Waals surface area contributed by atoms with E-state index in [9.17, 15) is 4.79 Å². The minimum absolute atomic E-state index is 0.169. The summed E-state index contributed by atoms with van der Waals surface area (Å²) in [7, 11) is 0. The van der Waals surface area contributed by atoms with Crippen LogP contribution in [0.4, 0.5) is 5.69 Å². The number of hydrogen-bond acceptors (Lipinski definition) is 7. The molecule has 0 spiro atoms. The first-order chi connectivity index (χ1) is 14.0. The maximum absolute atomic E-state index is 12.5. The predicted octanol–water partition coefficient (Wildman–Crippen LogP) is 4.24. The van der Waals surface area contributed by atoms with Crippen LogP contribution < -0.4 is 14.8 Å². The molecule has 3 aromatic rings. The van der Waals surface area contributed by atoms with Crippen molar-refractivity contribution in [2.45, 2.75) is 31.2 Å². The van der Waals surface area contributed by atoms with Gasteiger partial charge in [-0.05, 0) is 56.2 Å². The van der Waals surface area contributed by atoms with Crippen LogP contribution in [-0.2, 0) is 4.79 Å². The van der Waals surface area contributed by atoms with Crippen LogP contribution >= 0.6 is 11.8 Å². The normalized spacial score (nSPS) is 13.8. The second-order valence-electron chi connectivity index (χ2n) is 6.78. The Morgan fingerprint density at radius 3 is 2.62 bits per heavy atom. The van der Waals surface area contributed by atoms with Crippen molar-refractivity contribution in [2.24, 2.45) is 0 Å². The molecule has 2 aromatic carbocycles. The number of fused-ring (bicyclic) bond motifs is 1. The number of ether oxygens (including phenoxy) is 2. The molecule has 7 nitrogen and oxygen atoms in total. The summed E-state index contributed by atoms with van der Waals surface area (Å²) in [6, 6.07) is 11.3. The molecule has 1 N–H and O–H groups in total. The van der Waals surface area contributed by atoms with Crippen LogP contribution in [0.3, 0.4) is 0 Å². The first kappa shape index (κ1) is 19.3. The van der Waals surface area contributed by atoms with E-state index in [2.05, 4.69) is 22.4 Å². The maximum Gasteiger partial charge on any atom is 0.277 e. The van der Waals surface area contributed by atoms with Crippen LogP contribution in [0.5, 0.6) is 11.5 Å². The van der Waals surface area contributed by atoms with Crippen LogP contribution in [0, 0.1) is 13.8 Å². The summed E-state index contributed by atoms with van der Waals surface area (Å²) in [6.07, 6.45) is 0. The number of benzene rings is 2. The molecule has 29 heavy (non-hydrogen) atoms. The minimum Gasteiger partial charge on any atom is -0.486 e. The van der Waals surface area contributed by atoms with Crippen molar-refractivity contribution in [3.05, 3.63) is 47.5 Å². The molecule has 0 fully saturated rings. The fraction of sp³-hybridized carbons (Fsp3) is 0.286. The number of anilines is 1. The molecule has 8 heteroatoms. The predicted molar refractivity (Wildman–Crippen MR) is 111 cm³/mol. The first-order valence-corrected chi connectivity index (χ1v) is 10.2. The minimum atomic E-state index is -0.420. The number of rotatable bonds is 5. The fourth-order valence-corrected chi connectivity index (χ4v) is 3.50. The molecule has 2 heterocycles. The summed E-state index contributed by atoms with van der Waals surface area (Å²) in [6.45, 7) is 6.90. The van der Waals surface area contributed by atoms with Gasteiger partial charge in [-0.15, -0.1) is 10.2 Å². The highest BCUT2D eigenvalue weighted by molar-refractivity contribution is 8.00. The van der Waals surface area contributed by atoms with E-state index in [1.807, 2.05) is 25.1 Å². The SMILES string of the molecule is Cc1ccc(-c2nnc(S[C@@H](C)C(=O)Nc3ccc4c(c3)OCCO4)o2)cc1C. The van der Waals surface area contributed by atoms with Gasteiger partial charge in [0.2, 0.25) is 11.8 Å². The van der Waals surface area contributed by atoms with Crippen LogP contribution in [0.25, 0.3) is 11.5 Å². The number of thioether (sulfide) groups is 1. The number of nitrogens with one attached hydrogen (secondary N) is 1. The van der Waals surface area contributed by atoms with Crippen LogP contribution in [-0.4, -0.2) is 34.6 Å². The fourth-order valence-electron chi connectivity index (χ4n) is 2.82. The molecule has 0 radical (unpaired) electrons. The Bertz CT molecular complexity index is 1050. The molecule has 0 unspecified atom stereocenters. The summed E-state index contributed by atoms with van der Waals surface area (Å²) in [4.78, 5) is 12.5. The molecule has 1 aliphatic rings. The Morgan fingerprint density at radius 2 is 1.83 bits per heavy atom. The molecule has 1 amide bonds. The Morgan fingerprint density at radius 1 is 1.03 bits per heavy atom. The lowest BCUT2D eigenvalue weighted by atomic mass is 10.1. The zero-order valence-corrected chi connectivity index (χ0v) is 17.2. The van der Waals surface area contributed by atoms with Gasteiger partial charge < -0.3 is 19.2 Å². The molecule has 4 rings (SSSR count). The van der Waals surface area contributed by atoms with E-state index < -0.39 is 5.25 Å². The van der Waals surface area contributed by atoms with E-state index in [4.69, 9.17) is 13.9 Å². The van der Waals surface area contributed by atoms with Gasteiger partial charge in [0.05, 0.1) is 5.25 Å². The molecular formula is C21H21N3O4S. The average molecular weight is 411 g/mol. The zero-order valence-electron chi connectivity index (χ0n) is 16.4. The standard InChI is InChI=1S/C21H21N3O4S/c1-12-4-5-15(10-13(12)2)20-23-24-21(28-20)29-14(3)19(25)22-16-6-7-17-18(11-16)27-9-8-26-17/h4-7,10-11,14H,8-9H2,1-3H3,(H,22,25)/t14-/m0/s1. The summed E-state index contributed by atoms with van der Waals surface area (Å²) in [5, 5.41) is 11.0. The highest BCUT2D eigenvalue weighted by Crippen LogP contribution is 2.33. The number of hydrogen-bond donors (Lipinski definition) is 1. The van der Waals surface area contributed by atoms with Crippen molar-refractivity contribution < 1.29 is 18.7 Å². The lowest BCUT2D eigenvalue weighted by molar-refractivity contribution is -0.115. The van der Waals surface area contributed by atoms with Gasteiger partial charge in [0, 0.05) is 17.3 Å². The third kappa shape index (κ3) is 4.37. The van der Waals surface area contributed by atoms with E-state index >= 15 is 0 Å². The summed E-state index contributed by atoms with van der Waals surface area (Å²) >= 11 is 1.21. The Hall–Kier alpha value is -3.00. The summed E-state index contributed by atoms with van der Waals surface area (Å²) in [5.74, 6) is 1.58. The van der Waals surface area contributed by atoms with Crippen LogP contribution in [0.1, 0.15) is 18.1 Å². The molecule has 1 aliphatic heterocycles. The molecule has 1 atom stereocenters. The molecule has 1 aromatic heterocycles. The zero-order chi connectivity index (χ0) is 20.4. The van der Waals surface area contributed by atoms with E-state index in [1.54, 1.807) is 25.1 Å². The number of carbonyl (C=O) groups is 1. The van der Waals surface area contributed by atoms with Crippen molar-refractivity contribution in [1.29, 1.82) is 0 Å². The van der Waals surface area contributed by atoms with Crippen molar-refractivity contribution in [1.82, 2.24) is 10.2 Å². The average Bonchev–Trinajstić information content (AvgIpc) is 3.18. The van der Waals surface area contributed by atoms with Gasteiger partial charge in [0.25, 0.3) is 5.22 Å². The smallest absolute Gasteiger partial charge is 0.277 e. The third-order valence-corrected chi connectivity index (χ3v) is 5.55. The number of carbonyl (C=O) groups excluding carboxylic acids is 1. The largest absolute Gasteiger partial charge is 0.486 e. The molecule has 0 aliphatic carbocycles. The van der Waals surface area contributed by atoms with Crippen molar-refractivity contribution in [2.75, 3.05) is 18.5 Å².